The van der Waals surface area contributed by atoms with E-state index in [-0.39, 0.29) is 18.0 Å². The number of nitrogen functional groups attached to an aromatic ring is 1. The summed E-state index contributed by atoms with van der Waals surface area (Å²) in [4.78, 5) is 24.6. The van der Waals surface area contributed by atoms with Crippen molar-refractivity contribution in [2.24, 2.45) is 5.73 Å². The van der Waals surface area contributed by atoms with Gasteiger partial charge in [-0.2, -0.15) is 0 Å². The highest BCUT2D eigenvalue weighted by Gasteiger charge is 2.31. The molecular weight excluding hydrogens is 298 g/mol. The second-order valence-corrected chi connectivity index (χ2v) is 4.97. The highest BCUT2D eigenvalue weighted by atomic mass is 79.9. The maximum Gasteiger partial charge on any atom is 0.256 e. The van der Waals surface area contributed by atoms with Crippen molar-refractivity contribution in [2.75, 3.05) is 12.3 Å². The number of hydrogen-bond donors (Lipinski definition) is 2. The molecule has 0 bridgehead atoms. The van der Waals surface area contributed by atoms with E-state index < -0.39 is 5.91 Å². The van der Waals surface area contributed by atoms with E-state index in [2.05, 4.69) is 22.5 Å². The summed E-state index contributed by atoms with van der Waals surface area (Å²) < 4.78 is 0.826. The number of amides is 2. The van der Waals surface area contributed by atoms with E-state index >= 15 is 0 Å². The van der Waals surface area contributed by atoms with Crippen molar-refractivity contribution >= 4 is 33.4 Å². The lowest BCUT2D eigenvalue weighted by molar-refractivity contribution is -0.114. The van der Waals surface area contributed by atoms with Gasteiger partial charge in [0.15, 0.2) is 0 Å². The molecule has 2 rings (SSSR count). The number of fused-ring (bicyclic) bond motifs is 1. The maximum absolute atomic E-state index is 12.2. The predicted molar refractivity (Wildman–Crippen MR) is 71.6 cm³/mol. The number of nitrogens with zero attached hydrogens (tertiary/aromatic N) is 1. The van der Waals surface area contributed by atoms with Gasteiger partial charge in [-0.25, -0.2) is 0 Å². The molecule has 0 fully saturated rings. The summed E-state index contributed by atoms with van der Waals surface area (Å²) in [5, 5.41) is 0. The van der Waals surface area contributed by atoms with E-state index in [1.54, 1.807) is 12.1 Å². The quantitative estimate of drug-likeness (QED) is 0.645. The Balaban J connectivity index is 2.31. The second kappa shape index (κ2) is 4.45. The molecule has 1 aromatic rings. The summed E-state index contributed by atoms with van der Waals surface area (Å²) in [7, 11) is 0. The molecule has 1 aromatic carbocycles. The SMILES string of the molecule is C=C(CN1Cc2c(Br)ccc(N)c2C1=O)C(N)=O. The minimum absolute atomic E-state index is 0.120. The molecule has 0 aliphatic carbocycles. The molecule has 1 aliphatic heterocycles. The maximum atomic E-state index is 12.2. The number of halogens is 1. The first-order chi connectivity index (χ1) is 8.41. The summed E-state index contributed by atoms with van der Waals surface area (Å²) in [5.41, 5.74) is 12.9. The standard InChI is InChI=1S/C12H12BrN3O2/c1-6(11(15)17)4-16-5-7-8(13)2-3-9(14)10(7)12(16)18/h2-3H,1,4-5,14H2,(H2,15,17). The van der Waals surface area contributed by atoms with Gasteiger partial charge in [-0.3, -0.25) is 9.59 Å². The van der Waals surface area contributed by atoms with Crippen LogP contribution in [-0.4, -0.2) is 23.3 Å². The number of carbonyl (C=O) groups is 2. The first-order valence-electron chi connectivity index (χ1n) is 5.25. The van der Waals surface area contributed by atoms with Crippen molar-refractivity contribution in [1.82, 2.24) is 4.90 Å². The number of nitrogens with two attached hydrogens (primary N) is 2. The lowest BCUT2D eigenvalue weighted by atomic mass is 10.1. The van der Waals surface area contributed by atoms with Crippen LogP contribution in [0.2, 0.25) is 0 Å². The third kappa shape index (κ3) is 1.99. The van der Waals surface area contributed by atoms with Crippen molar-refractivity contribution in [2.45, 2.75) is 6.54 Å². The molecule has 5 nitrogen and oxygen atoms in total. The van der Waals surface area contributed by atoms with Crippen molar-refractivity contribution in [3.8, 4) is 0 Å². The van der Waals surface area contributed by atoms with Crippen LogP contribution in [0.25, 0.3) is 0 Å². The van der Waals surface area contributed by atoms with Crippen LogP contribution >= 0.6 is 15.9 Å². The number of primary amides is 1. The van der Waals surface area contributed by atoms with Gasteiger partial charge in [0.05, 0.1) is 12.1 Å². The average molecular weight is 310 g/mol. The molecule has 0 spiro atoms. The normalized spacial score (nSPS) is 13.6. The fourth-order valence-electron chi connectivity index (χ4n) is 1.90. The Morgan fingerprint density at radius 2 is 2.17 bits per heavy atom. The Morgan fingerprint density at radius 3 is 2.72 bits per heavy atom. The van der Waals surface area contributed by atoms with E-state index in [9.17, 15) is 9.59 Å². The van der Waals surface area contributed by atoms with Crippen molar-refractivity contribution in [3.05, 3.63) is 39.9 Å². The molecule has 0 radical (unpaired) electrons. The van der Waals surface area contributed by atoms with E-state index in [0.29, 0.717) is 17.8 Å². The van der Waals surface area contributed by atoms with E-state index in [1.807, 2.05) is 0 Å². The molecule has 0 unspecified atom stereocenters. The molecule has 0 saturated carbocycles. The van der Waals surface area contributed by atoms with Crippen LogP contribution in [-0.2, 0) is 11.3 Å². The second-order valence-electron chi connectivity index (χ2n) is 4.12. The zero-order valence-corrected chi connectivity index (χ0v) is 11.2. The topological polar surface area (TPSA) is 89.4 Å². The third-order valence-electron chi connectivity index (χ3n) is 2.87. The summed E-state index contributed by atoms with van der Waals surface area (Å²) >= 11 is 3.38. The largest absolute Gasteiger partial charge is 0.398 e. The molecule has 6 heteroatoms. The lowest BCUT2D eigenvalue weighted by Gasteiger charge is -2.15. The fraction of sp³-hybridized carbons (Fsp3) is 0.167. The number of hydrogen-bond acceptors (Lipinski definition) is 3. The zero-order chi connectivity index (χ0) is 13.4. The van der Waals surface area contributed by atoms with Crippen molar-refractivity contribution in [3.63, 3.8) is 0 Å². The van der Waals surface area contributed by atoms with Gasteiger partial charge in [-0.05, 0) is 12.1 Å². The average Bonchev–Trinajstić information content (AvgIpc) is 2.63. The van der Waals surface area contributed by atoms with Crippen LogP contribution in [0.15, 0.2) is 28.8 Å². The Labute approximate surface area is 113 Å². The smallest absolute Gasteiger partial charge is 0.256 e. The van der Waals surface area contributed by atoms with Gasteiger partial charge >= 0.3 is 0 Å². The van der Waals surface area contributed by atoms with Gasteiger partial charge in [-0.1, -0.05) is 22.5 Å². The van der Waals surface area contributed by atoms with E-state index in [4.69, 9.17) is 11.5 Å². The molecule has 0 aromatic heterocycles. The molecule has 2 amide bonds. The summed E-state index contributed by atoms with van der Waals surface area (Å²) in [6.07, 6.45) is 0. The van der Waals surface area contributed by atoms with Gasteiger partial charge in [0.1, 0.15) is 0 Å². The monoisotopic (exact) mass is 309 g/mol. The predicted octanol–water partition coefficient (Wildman–Crippen LogP) is 1.03. The van der Waals surface area contributed by atoms with Crippen LogP contribution in [0.1, 0.15) is 15.9 Å². The molecule has 18 heavy (non-hydrogen) atoms. The molecule has 1 aliphatic rings. The number of benzene rings is 1. The van der Waals surface area contributed by atoms with Crippen LogP contribution in [0.3, 0.4) is 0 Å². The van der Waals surface area contributed by atoms with Gasteiger partial charge < -0.3 is 16.4 Å². The molecule has 94 valence electrons. The van der Waals surface area contributed by atoms with E-state index in [1.165, 1.54) is 4.90 Å². The molecule has 1 heterocycles. The third-order valence-corrected chi connectivity index (χ3v) is 3.61. The zero-order valence-electron chi connectivity index (χ0n) is 9.57. The number of carbonyl (C=O) groups excluding carboxylic acids is 2. The Hall–Kier alpha value is -1.82. The van der Waals surface area contributed by atoms with Crippen LogP contribution in [0, 0.1) is 0 Å². The molecule has 0 atom stereocenters. The van der Waals surface area contributed by atoms with Gasteiger partial charge in [-0.15, -0.1) is 0 Å². The van der Waals surface area contributed by atoms with Gasteiger partial charge in [0, 0.05) is 27.8 Å². The Kier molecular flexibility index (Phi) is 3.13. The number of rotatable bonds is 3. The van der Waals surface area contributed by atoms with Crippen LogP contribution < -0.4 is 11.5 Å². The molecular formula is C12H12BrN3O2. The lowest BCUT2D eigenvalue weighted by Crippen LogP contribution is -2.30. The first kappa shape index (κ1) is 12.6. The highest BCUT2D eigenvalue weighted by molar-refractivity contribution is 9.10. The number of anilines is 1. The van der Waals surface area contributed by atoms with Crippen molar-refractivity contribution < 1.29 is 9.59 Å². The Morgan fingerprint density at radius 1 is 1.50 bits per heavy atom. The minimum Gasteiger partial charge on any atom is -0.398 e. The van der Waals surface area contributed by atoms with Crippen molar-refractivity contribution in [1.29, 1.82) is 0 Å². The van der Waals surface area contributed by atoms with Crippen LogP contribution in [0.5, 0.6) is 0 Å². The van der Waals surface area contributed by atoms with Gasteiger partial charge in [0.25, 0.3) is 5.91 Å². The summed E-state index contributed by atoms with van der Waals surface area (Å²) in [6, 6.07) is 3.47. The molecule has 4 N–H and O–H groups in total. The van der Waals surface area contributed by atoms with Gasteiger partial charge in [0.2, 0.25) is 5.91 Å². The first-order valence-corrected chi connectivity index (χ1v) is 6.04. The fourth-order valence-corrected chi connectivity index (χ4v) is 2.36. The summed E-state index contributed by atoms with van der Waals surface area (Å²) in [6.45, 7) is 4.06. The van der Waals surface area contributed by atoms with E-state index in [0.717, 1.165) is 10.0 Å². The Bertz CT molecular complexity index is 569. The summed E-state index contributed by atoms with van der Waals surface area (Å²) in [5.74, 6) is -0.808. The highest BCUT2D eigenvalue weighted by Crippen LogP contribution is 2.33. The minimum atomic E-state index is -0.606. The van der Waals surface area contributed by atoms with Crippen LogP contribution in [0.4, 0.5) is 5.69 Å². The molecule has 0 saturated heterocycles.